The molecule has 1 aliphatic heterocycles. The lowest BCUT2D eigenvalue weighted by Crippen LogP contribution is -2.42. The molecule has 0 aliphatic carbocycles. The minimum absolute atomic E-state index is 0.0727. The summed E-state index contributed by atoms with van der Waals surface area (Å²) in [4.78, 5) is 25.4. The number of thiophene rings is 1. The highest BCUT2D eigenvalue weighted by atomic mass is 127. The Bertz CT molecular complexity index is 458. The standard InChI is InChI=1S/C12H15IN2O3S/c13-10-7-9(8-19-10)12(17)14-2-1-11(16)15-3-5-18-6-4-15/h7-8H,1-6H2,(H,14,17). The number of halogens is 1. The summed E-state index contributed by atoms with van der Waals surface area (Å²) in [5, 5.41) is 4.59. The SMILES string of the molecule is O=C(NCCC(=O)N1CCOCC1)c1csc(I)c1. The lowest BCUT2D eigenvalue weighted by molar-refractivity contribution is -0.135. The van der Waals surface area contributed by atoms with Crippen LogP contribution in [0.2, 0.25) is 0 Å². The van der Waals surface area contributed by atoms with Gasteiger partial charge in [-0.1, -0.05) is 0 Å². The number of ether oxygens (including phenoxy) is 1. The van der Waals surface area contributed by atoms with Crippen LogP contribution in [0.5, 0.6) is 0 Å². The molecule has 7 heteroatoms. The average molecular weight is 394 g/mol. The van der Waals surface area contributed by atoms with Gasteiger partial charge < -0.3 is 15.0 Å². The van der Waals surface area contributed by atoms with E-state index in [0.717, 1.165) is 2.88 Å². The van der Waals surface area contributed by atoms with Crippen molar-refractivity contribution >= 4 is 45.7 Å². The van der Waals surface area contributed by atoms with Crippen LogP contribution in [0.3, 0.4) is 0 Å². The van der Waals surface area contributed by atoms with E-state index in [4.69, 9.17) is 4.74 Å². The maximum Gasteiger partial charge on any atom is 0.252 e. The summed E-state index contributed by atoms with van der Waals surface area (Å²) in [5.74, 6) is -0.0440. The fraction of sp³-hybridized carbons (Fsp3) is 0.500. The number of nitrogens with zero attached hydrogens (tertiary/aromatic N) is 1. The molecule has 0 atom stereocenters. The zero-order valence-electron chi connectivity index (χ0n) is 10.4. The van der Waals surface area contributed by atoms with Crippen LogP contribution in [0.4, 0.5) is 0 Å². The molecule has 1 fully saturated rings. The van der Waals surface area contributed by atoms with Crippen LogP contribution in [0.25, 0.3) is 0 Å². The monoisotopic (exact) mass is 394 g/mol. The first-order chi connectivity index (χ1) is 9.16. The number of hydrogen-bond donors (Lipinski definition) is 1. The fourth-order valence-electron chi connectivity index (χ4n) is 1.79. The van der Waals surface area contributed by atoms with Crippen molar-refractivity contribution in [2.75, 3.05) is 32.8 Å². The van der Waals surface area contributed by atoms with Gasteiger partial charge in [0, 0.05) is 31.4 Å². The third-order valence-corrected chi connectivity index (χ3v) is 4.61. The van der Waals surface area contributed by atoms with Crippen LogP contribution < -0.4 is 5.32 Å². The predicted molar refractivity (Wildman–Crippen MR) is 81.4 cm³/mol. The zero-order valence-corrected chi connectivity index (χ0v) is 13.3. The summed E-state index contributed by atoms with van der Waals surface area (Å²) in [6.45, 7) is 2.88. The molecule has 19 heavy (non-hydrogen) atoms. The van der Waals surface area contributed by atoms with E-state index in [-0.39, 0.29) is 11.8 Å². The molecule has 1 saturated heterocycles. The van der Waals surface area contributed by atoms with Crippen LogP contribution in [0, 0.1) is 2.88 Å². The number of nitrogens with one attached hydrogen (secondary N) is 1. The second kappa shape index (κ2) is 7.20. The summed E-state index contributed by atoms with van der Waals surface area (Å²) in [5.41, 5.74) is 0.660. The normalized spacial score (nSPS) is 15.3. The van der Waals surface area contributed by atoms with Gasteiger partial charge in [0.15, 0.2) is 0 Å². The summed E-state index contributed by atoms with van der Waals surface area (Å²) < 4.78 is 6.27. The van der Waals surface area contributed by atoms with E-state index in [1.165, 1.54) is 11.3 Å². The van der Waals surface area contributed by atoms with E-state index in [9.17, 15) is 9.59 Å². The zero-order chi connectivity index (χ0) is 13.7. The van der Waals surface area contributed by atoms with Crippen molar-refractivity contribution in [2.24, 2.45) is 0 Å². The molecule has 0 aromatic carbocycles. The Labute approximate surface area is 129 Å². The molecule has 1 aliphatic rings. The van der Waals surface area contributed by atoms with Gasteiger partial charge in [0.2, 0.25) is 5.91 Å². The molecule has 0 spiro atoms. The second-order valence-corrected chi connectivity index (χ2v) is 6.94. The smallest absolute Gasteiger partial charge is 0.252 e. The Balaban J connectivity index is 1.71. The Hall–Kier alpha value is -0.670. The first kappa shape index (κ1) is 14.7. The van der Waals surface area contributed by atoms with Crippen LogP contribution in [0.1, 0.15) is 16.8 Å². The lowest BCUT2D eigenvalue weighted by atomic mass is 10.3. The summed E-state index contributed by atoms with van der Waals surface area (Å²) in [6.07, 6.45) is 0.340. The highest BCUT2D eigenvalue weighted by molar-refractivity contribution is 14.1. The third kappa shape index (κ3) is 4.43. The van der Waals surface area contributed by atoms with E-state index in [1.54, 1.807) is 4.90 Å². The molecule has 0 radical (unpaired) electrons. The maximum atomic E-state index is 11.8. The van der Waals surface area contributed by atoms with Crippen molar-refractivity contribution in [1.29, 1.82) is 0 Å². The van der Waals surface area contributed by atoms with Gasteiger partial charge in [-0.3, -0.25) is 9.59 Å². The molecule has 0 saturated carbocycles. The number of carbonyl (C=O) groups is 2. The molecule has 0 bridgehead atoms. The quantitative estimate of drug-likeness (QED) is 0.785. The van der Waals surface area contributed by atoms with Gasteiger partial charge in [-0.25, -0.2) is 0 Å². The highest BCUT2D eigenvalue weighted by Crippen LogP contribution is 2.16. The molecule has 0 unspecified atom stereocenters. The Morgan fingerprint density at radius 2 is 2.16 bits per heavy atom. The van der Waals surface area contributed by atoms with E-state index in [0.29, 0.717) is 44.8 Å². The van der Waals surface area contributed by atoms with Gasteiger partial charge in [-0.15, -0.1) is 11.3 Å². The van der Waals surface area contributed by atoms with Crippen molar-refractivity contribution in [1.82, 2.24) is 10.2 Å². The summed E-state index contributed by atoms with van der Waals surface area (Å²) >= 11 is 3.71. The Morgan fingerprint density at radius 1 is 1.42 bits per heavy atom. The number of morpholine rings is 1. The average Bonchev–Trinajstić information content (AvgIpc) is 2.86. The van der Waals surface area contributed by atoms with Crippen molar-refractivity contribution in [3.8, 4) is 0 Å². The van der Waals surface area contributed by atoms with Crippen molar-refractivity contribution < 1.29 is 14.3 Å². The van der Waals surface area contributed by atoms with Crippen LogP contribution in [0.15, 0.2) is 11.4 Å². The third-order valence-electron chi connectivity index (χ3n) is 2.82. The number of rotatable bonds is 4. The molecule has 2 amide bonds. The number of carbonyl (C=O) groups excluding carboxylic acids is 2. The van der Waals surface area contributed by atoms with E-state index < -0.39 is 0 Å². The van der Waals surface area contributed by atoms with Gasteiger partial charge in [0.1, 0.15) is 0 Å². The minimum atomic E-state index is -0.117. The minimum Gasteiger partial charge on any atom is -0.378 e. The maximum absolute atomic E-state index is 11.8. The predicted octanol–water partition coefficient (Wildman–Crippen LogP) is 1.33. The van der Waals surface area contributed by atoms with Crippen molar-refractivity contribution in [3.63, 3.8) is 0 Å². The van der Waals surface area contributed by atoms with Crippen molar-refractivity contribution in [2.45, 2.75) is 6.42 Å². The Morgan fingerprint density at radius 3 is 2.79 bits per heavy atom. The molecule has 1 aromatic heterocycles. The van der Waals surface area contributed by atoms with E-state index >= 15 is 0 Å². The molecular formula is C12H15IN2O3S. The largest absolute Gasteiger partial charge is 0.378 e. The first-order valence-corrected chi connectivity index (χ1v) is 8.00. The van der Waals surface area contributed by atoms with Gasteiger partial charge >= 0.3 is 0 Å². The topological polar surface area (TPSA) is 58.6 Å². The molecule has 2 rings (SSSR count). The molecule has 5 nitrogen and oxygen atoms in total. The Kier molecular flexibility index (Phi) is 5.59. The molecule has 2 heterocycles. The highest BCUT2D eigenvalue weighted by Gasteiger charge is 2.16. The molecule has 1 aromatic rings. The van der Waals surface area contributed by atoms with Crippen molar-refractivity contribution in [3.05, 3.63) is 19.9 Å². The van der Waals surface area contributed by atoms with Crippen LogP contribution in [-0.4, -0.2) is 49.6 Å². The lowest BCUT2D eigenvalue weighted by Gasteiger charge is -2.26. The van der Waals surface area contributed by atoms with Gasteiger partial charge in [-0.2, -0.15) is 0 Å². The van der Waals surface area contributed by atoms with E-state index in [1.807, 2.05) is 11.4 Å². The number of hydrogen-bond acceptors (Lipinski definition) is 4. The molecule has 104 valence electrons. The number of amides is 2. The molecule has 1 N–H and O–H groups in total. The fourth-order valence-corrected chi connectivity index (χ4v) is 3.11. The second-order valence-electron chi connectivity index (χ2n) is 4.14. The van der Waals surface area contributed by atoms with Crippen LogP contribution in [-0.2, 0) is 9.53 Å². The first-order valence-electron chi connectivity index (χ1n) is 6.04. The van der Waals surface area contributed by atoms with Crippen LogP contribution >= 0.6 is 33.9 Å². The summed E-state index contributed by atoms with van der Waals surface area (Å²) in [6, 6.07) is 1.84. The summed E-state index contributed by atoms with van der Waals surface area (Å²) in [7, 11) is 0. The van der Waals surface area contributed by atoms with Gasteiger partial charge in [0.25, 0.3) is 5.91 Å². The van der Waals surface area contributed by atoms with Gasteiger partial charge in [-0.05, 0) is 28.7 Å². The van der Waals surface area contributed by atoms with E-state index in [2.05, 4.69) is 27.9 Å². The van der Waals surface area contributed by atoms with Gasteiger partial charge in [0.05, 0.1) is 21.7 Å². The molecular weight excluding hydrogens is 379 g/mol.